The van der Waals surface area contributed by atoms with Crippen LogP contribution in [0.25, 0.3) is 10.8 Å². The van der Waals surface area contributed by atoms with E-state index in [1.165, 1.54) is 12.1 Å². The monoisotopic (exact) mass is 388 g/mol. The minimum atomic E-state index is -4.41. The van der Waals surface area contributed by atoms with Crippen molar-refractivity contribution in [3.8, 4) is 11.5 Å². The van der Waals surface area contributed by atoms with Gasteiger partial charge < -0.3 is 16.2 Å². The standard InChI is InChI=1S/C21H19F3N2O2/c1-12(11-25)19-16-3-2-4-18(15(16)9-10-17(19)20(26)27)28-14-7-5-13(6-8-14)21(22,23)24/h2-10,12H,11,25H2,1H3,(H2,26,27). The summed E-state index contributed by atoms with van der Waals surface area (Å²) in [5, 5.41) is 1.47. The number of benzene rings is 3. The van der Waals surface area contributed by atoms with Crippen LogP contribution >= 0.6 is 0 Å². The second-order valence-electron chi connectivity index (χ2n) is 6.50. The Balaban J connectivity index is 2.07. The van der Waals surface area contributed by atoms with Crippen LogP contribution < -0.4 is 16.2 Å². The van der Waals surface area contributed by atoms with Crippen molar-refractivity contribution in [2.24, 2.45) is 11.5 Å². The lowest BCUT2D eigenvalue weighted by Gasteiger charge is -2.18. The van der Waals surface area contributed by atoms with Crippen LogP contribution in [0.4, 0.5) is 13.2 Å². The molecule has 0 radical (unpaired) electrons. The van der Waals surface area contributed by atoms with Crippen LogP contribution in [-0.2, 0) is 6.18 Å². The molecule has 1 unspecified atom stereocenters. The van der Waals surface area contributed by atoms with Gasteiger partial charge >= 0.3 is 6.18 Å². The highest BCUT2D eigenvalue weighted by atomic mass is 19.4. The molecule has 3 aromatic carbocycles. The van der Waals surface area contributed by atoms with Crippen LogP contribution in [-0.4, -0.2) is 12.5 Å². The van der Waals surface area contributed by atoms with Crippen LogP contribution in [0.15, 0.2) is 54.6 Å². The number of primary amides is 1. The number of halogens is 3. The second kappa shape index (κ2) is 7.52. The summed E-state index contributed by atoms with van der Waals surface area (Å²) in [4.78, 5) is 11.8. The predicted octanol–water partition coefficient (Wildman–Crippen LogP) is 4.81. The van der Waals surface area contributed by atoms with Gasteiger partial charge in [0.15, 0.2) is 0 Å². The molecule has 0 saturated heterocycles. The number of ether oxygens (including phenoxy) is 1. The van der Waals surface area contributed by atoms with Gasteiger partial charge in [-0.2, -0.15) is 13.2 Å². The molecule has 0 aliphatic carbocycles. The second-order valence-corrected chi connectivity index (χ2v) is 6.50. The number of nitrogens with two attached hydrogens (primary N) is 2. The number of carbonyl (C=O) groups excluding carboxylic acids is 1. The fourth-order valence-corrected chi connectivity index (χ4v) is 3.14. The Bertz CT molecular complexity index is 1010. The van der Waals surface area contributed by atoms with E-state index in [0.29, 0.717) is 23.2 Å². The van der Waals surface area contributed by atoms with E-state index in [4.69, 9.17) is 16.2 Å². The van der Waals surface area contributed by atoms with E-state index in [0.717, 1.165) is 23.1 Å². The average molecular weight is 388 g/mol. The maximum absolute atomic E-state index is 12.7. The molecule has 1 amide bonds. The molecular weight excluding hydrogens is 369 g/mol. The largest absolute Gasteiger partial charge is 0.457 e. The summed E-state index contributed by atoms with van der Waals surface area (Å²) >= 11 is 0. The molecule has 0 spiro atoms. The molecule has 0 fully saturated rings. The minimum absolute atomic E-state index is 0.118. The minimum Gasteiger partial charge on any atom is -0.457 e. The highest BCUT2D eigenvalue weighted by molar-refractivity contribution is 6.02. The normalized spacial score (nSPS) is 12.8. The van der Waals surface area contributed by atoms with E-state index in [1.807, 2.05) is 13.0 Å². The van der Waals surface area contributed by atoms with Gasteiger partial charge in [0.05, 0.1) is 5.56 Å². The highest BCUT2D eigenvalue weighted by Crippen LogP contribution is 2.36. The summed E-state index contributed by atoms with van der Waals surface area (Å²) < 4.78 is 44.0. The van der Waals surface area contributed by atoms with Crippen molar-refractivity contribution in [1.29, 1.82) is 0 Å². The molecule has 7 heteroatoms. The lowest BCUT2D eigenvalue weighted by molar-refractivity contribution is -0.137. The number of rotatable bonds is 5. The summed E-state index contributed by atoms with van der Waals surface area (Å²) in [6, 6.07) is 13.1. The first-order valence-electron chi connectivity index (χ1n) is 8.63. The Morgan fingerprint density at radius 1 is 1.04 bits per heavy atom. The van der Waals surface area contributed by atoms with E-state index in [9.17, 15) is 18.0 Å². The molecule has 146 valence electrons. The Hall–Kier alpha value is -3.06. The fourth-order valence-electron chi connectivity index (χ4n) is 3.14. The third-order valence-corrected chi connectivity index (χ3v) is 4.58. The van der Waals surface area contributed by atoms with Gasteiger partial charge in [-0.3, -0.25) is 4.79 Å². The van der Waals surface area contributed by atoms with Crippen LogP contribution in [0, 0.1) is 0 Å². The molecule has 4 nitrogen and oxygen atoms in total. The molecule has 0 saturated carbocycles. The first kappa shape index (κ1) is 19.7. The predicted molar refractivity (Wildman–Crippen MR) is 101 cm³/mol. The van der Waals surface area contributed by atoms with Crippen LogP contribution in [0.3, 0.4) is 0 Å². The van der Waals surface area contributed by atoms with E-state index < -0.39 is 17.6 Å². The number of carbonyl (C=O) groups is 1. The van der Waals surface area contributed by atoms with Crippen LogP contribution in [0.5, 0.6) is 11.5 Å². The summed E-state index contributed by atoms with van der Waals surface area (Å²) in [7, 11) is 0. The molecule has 0 bridgehead atoms. The Morgan fingerprint density at radius 3 is 2.29 bits per heavy atom. The van der Waals surface area contributed by atoms with Crippen molar-refractivity contribution in [3.63, 3.8) is 0 Å². The lowest BCUT2D eigenvalue weighted by atomic mass is 9.89. The Morgan fingerprint density at radius 2 is 1.71 bits per heavy atom. The lowest BCUT2D eigenvalue weighted by Crippen LogP contribution is -2.18. The first-order valence-corrected chi connectivity index (χ1v) is 8.63. The number of hydrogen-bond acceptors (Lipinski definition) is 3. The zero-order valence-electron chi connectivity index (χ0n) is 15.1. The van der Waals surface area contributed by atoms with Crippen LogP contribution in [0.2, 0.25) is 0 Å². The molecular formula is C21H19F3N2O2. The molecule has 3 aromatic rings. The Labute approximate surface area is 159 Å². The quantitative estimate of drug-likeness (QED) is 0.658. The summed E-state index contributed by atoms with van der Waals surface area (Å²) in [5.74, 6) is 0.0606. The van der Waals surface area contributed by atoms with E-state index in [1.54, 1.807) is 24.3 Å². The van der Waals surface area contributed by atoms with E-state index in [-0.39, 0.29) is 11.7 Å². The van der Waals surface area contributed by atoms with Crippen molar-refractivity contribution >= 4 is 16.7 Å². The summed E-state index contributed by atoms with van der Waals surface area (Å²) in [6.45, 7) is 2.22. The molecule has 3 rings (SSSR count). The van der Waals surface area contributed by atoms with Crippen molar-refractivity contribution in [3.05, 3.63) is 71.3 Å². The Kier molecular flexibility index (Phi) is 5.29. The van der Waals surface area contributed by atoms with Gasteiger partial charge in [0.25, 0.3) is 0 Å². The number of amides is 1. The zero-order valence-corrected chi connectivity index (χ0v) is 15.1. The molecule has 4 N–H and O–H groups in total. The molecule has 0 aromatic heterocycles. The van der Waals surface area contributed by atoms with Crippen molar-refractivity contribution in [1.82, 2.24) is 0 Å². The average Bonchev–Trinajstić information content (AvgIpc) is 2.66. The van der Waals surface area contributed by atoms with Gasteiger partial charge in [-0.25, -0.2) is 0 Å². The maximum Gasteiger partial charge on any atom is 0.416 e. The van der Waals surface area contributed by atoms with Crippen molar-refractivity contribution in [2.45, 2.75) is 19.0 Å². The van der Waals surface area contributed by atoms with Gasteiger partial charge in [0, 0.05) is 10.9 Å². The maximum atomic E-state index is 12.7. The topological polar surface area (TPSA) is 78.3 Å². The zero-order chi connectivity index (χ0) is 20.5. The molecule has 0 heterocycles. The summed E-state index contributed by atoms with van der Waals surface area (Å²) in [5.41, 5.74) is 11.7. The SMILES string of the molecule is CC(CN)c1c(C(N)=O)ccc2c(Oc3ccc(C(F)(F)F)cc3)cccc12. The van der Waals surface area contributed by atoms with Gasteiger partial charge in [-0.1, -0.05) is 19.1 Å². The van der Waals surface area contributed by atoms with Gasteiger partial charge in [0.2, 0.25) is 5.91 Å². The number of fused-ring (bicyclic) bond motifs is 1. The molecule has 0 aliphatic rings. The number of alkyl halides is 3. The fraction of sp³-hybridized carbons (Fsp3) is 0.190. The smallest absolute Gasteiger partial charge is 0.416 e. The highest BCUT2D eigenvalue weighted by Gasteiger charge is 2.30. The van der Waals surface area contributed by atoms with Gasteiger partial charge in [-0.05, 0) is 65.9 Å². The molecule has 1 atom stereocenters. The first-order chi connectivity index (χ1) is 13.2. The van der Waals surface area contributed by atoms with Crippen molar-refractivity contribution < 1.29 is 22.7 Å². The number of hydrogen-bond donors (Lipinski definition) is 2. The third-order valence-electron chi connectivity index (χ3n) is 4.58. The molecule has 28 heavy (non-hydrogen) atoms. The van der Waals surface area contributed by atoms with E-state index in [2.05, 4.69) is 0 Å². The van der Waals surface area contributed by atoms with Gasteiger partial charge in [-0.15, -0.1) is 0 Å². The van der Waals surface area contributed by atoms with Crippen LogP contribution in [0.1, 0.15) is 34.3 Å². The summed E-state index contributed by atoms with van der Waals surface area (Å²) in [6.07, 6.45) is -4.41. The van der Waals surface area contributed by atoms with Crippen molar-refractivity contribution in [2.75, 3.05) is 6.54 Å². The van der Waals surface area contributed by atoms with Gasteiger partial charge in [0.1, 0.15) is 11.5 Å². The van der Waals surface area contributed by atoms with E-state index >= 15 is 0 Å². The molecule has 0 aliphatic heterocycles. The third kappa shape index (κ3) is 3.80.